The molecule has 1 aromatic heterocycles. The SMILES string of the molecule is NC(=S)C1CCCC1NC(=O)c1cc[nH]c(=O)c1. The van der Waals surface area contributed by atoms with Crippen molar-refractivity contribution in [1.82, 2.24) is 10.3 Å². The molecule has 1 aromatic rings. The molecule has 1 saturated carbocycles. The number of carbonyl (C=O) groups excluding carboxylic acids is 1. The third-order valence-corrected chi connectivity index (χ3v) is 3.54. The molecule has 1 aliphatic rings. The van der Waals surface area contributed by atoms with Crippen LogP contribution in [-0.4, -0.2) is 21.9 Å². The van der Waals surface area contributed by atoms with Gasteiger partial charge < -0.3 is 16.0 Å². The maximum atomic E-state index is 12.0. The van der Waals surface area contributed by atoms with Crippen molar-refractivity contribution in [3.63, 3.8) is 0 Å². The zero-order valence-corrected chi connectivity index (χ0v) is 10.6. The second kappa shape index (κ2) is 5.30. The summed E-state index contributed by atoms with van der Waals surface area (Å²) in [4.78, 5) is 26.0. The fourth-order valence-electron chi connectivity index (χ4n) is 2.31. The highest BCUT2D eigenvalue weighted by Crippen LogP contribution is 2.26. The first-order valence-electron chi connectivity index (χ1n) is 5.87. The van der Waals surface area contributed by atoms with Crippen molar-refractivity contribution in [2.75, 3.05) is 0 Å². The summed E-state index contributed by atoms with van der Waals surface area (Å²) in [5.41, 5.74) is 5.71. The molecule has 96 valence electrons. The Balaban J connectivity index is 2.07. The average Bonchev–Trinajstić information content (AvgIpc) is 2.77. The molecule has 2 unspecified atom stereocenters. The Morgan fingerprint density at radius 1 is 1.50 bits per heavy atom. The van der Waals surface area contributed by atoms with E-state index in [4.69, 9.17) is 18.0 Å². The van der Waals surface area contributed by atoms with Crippen molar-refractivity contribution in [2.45, 2.75) is 25.3 Å². The lowest BCUT2D eigenvalue weighted by molar-refractivity contribution is 0.0933. The van der Waals surface area contributed by atoms with Gasteiger partial charge in [0, 0.05) is 29.8 Å². The molecule has 2 atom stereocenters. The summed E-state index contributed by atoms with van der Waals surface area (Å²) in [6.07, 6.45) is 4.24. The van der Waals surface area contributed by atoms with E-state index in [1.54, 1.807) is 6.07 Å². The summed E-state index contributed by atoms with van der Waals surface area (Å²) in [5, 5.41) is 2.89. The third kappa shape index (κ3) is 2.76. The van der Waals surface area contributed by atoms with Gasteiger partial charge in [0.05, 0.1) is 4.99 Å². The number of pyridine rings is 1. The standard InChI is InChI=1S/C12H15N3O2S/c13-11(18)8-2-1-3-9(8)15-12(17)7-4-5-14-10(16)6-7/h4-6,8-9H,1-3H2,(H2,13,18)(H,14,16)(H,15,17). The summed E-state index contributed by atoms with van der Waals surface area (Å²) in [6, 6.07) is 2.83. The van der Waals surface area contributed by atoms with Gasteiger partial charge in [-0.25, -0.2) is 0 Å². The lowest BCUT2D eigenvalue weighted by Crippen LogP contribution is -2.41. The number of carbonyl (C=O) groups is 1. The Hall–Kier alpha value is -1.69. The number of thiocarbonyl (C=S) groups is 1. The number of rotatable bonds is 3. The second-order valence-electron chi connectivity index (χ2n) is 4.46. The molecular formula is C12H15N3O2S. The van der Waals surface area contributed by atoms with Gasteiger partial charge in [0.15, 0.2) is 0 Å². The van der Waals surface area contributed by atoms with E-state index in [0.29, 0.717) is 10.6 Å². The topological polar surface area (TPSA) is 88.0 Å². The molecule has 0 aliphatic heterocycles. The van der Waals surface area contributed by atoms with Gasteiger partial charge in [-0.1, -0.05) is 18.6 Å². The molecule has 0 saturated heterocycles. The van der Waals surface area contributed by atoms with E-state index < -0.39 is 0 Å². The van der Waals surface area contributed by atoms with Crippen LogP contribution in [-0.2, 0) is 0 Å². The summed E-state index contributed by atoms with van der Waals surface area (Å²) in [7, 11) is 0. The molecule has 18 heavy (non-hydrogen) atoms. The van der Waals surface area contributed by atoms with Gasteiger partial charge in [0.2, 0.25) is 5.56 Å². The Bertz CT molecular complexity index is 526. The van der Waals surface area contributed by atoms with Crippen molar-refractivity contribution in [3.8, 4) is 0 Å². The highest BCUT2D eigenvalue weighted by Gasteiger charge is 2.30. The van der Waals surface area contributed by atoms with Crippen LogP contribution in [0.1, 0.15) is 29.6 Å². The van der Waals surface area contributed by atoms with Crippen molar-refractivity contribution < 1.29 is 4.79 Å². The van der Waals surface area contributed by atoms with Crippen LogP contribution < -0.4 is 16.6 Å². The van der Waals surface area contributed by atoms with Crippen LogP contribution in [0.25, 0.3) is 0 Å². The number of H-pyrrole nitrogens is 1. The Labute approximate surface area is 110 Å². The molecule has 1 fully saturated rings. The van der Waals surface area contributed by atoms with Crippen LogP contribution in [0.15, 0.2) is 23.1 Å². The zero-order valence-electron chi connectivity index (χ0n) is 9.81. The molecule has 1 amide bonds. The minimum absolute atomic E-state index is 0.0192. The Morgan fingerprint density at radius 2 is 2.28 bits per heavy atom. The summed E-state index contributed by atoms with van der Waals surface area (Å²) in [6.45, 7) is 0. The molecule has 1 heterocycles. The van der Waals surface area contributed by atoms with Crippen molar-refractivity contribution >= 4 is 23.1 Å². The summed E-state index contributed by atoms with van der Waals surface area (Å²) < 4.78 is 0. The van der Waals surface area contributed by atoms with E-state index in [-0.39, 0.29) is 23.4 Å². The number of amides is 1. The van der Waals surface area contributed by atoms with Crippen molar-refractivity contribution in [2.24, 2.45) is 11.7 Å². The fourth-order valence-corrected chi connectivity index (χ4v) is 2.59. The first-order chi connectivity index (χ1) is 8.58. The number of hydrogen-bond donors (Lipinski definition) is 3. The van der Waals surface area contributed by atoms with Crippen molar-refractivity contribution in [1.29, 1.82) is 0 Å². The first-order valence-corrected chi connectivity index (χ1v) is 6.27. The number of nitrogens with one attached hydrogen (secondary N) is 2. The normalized spacial score (nSPS) is 22.7. The molecule has 4 N–H and O–H groups in total. The van der Waals surface area contributed by atoms with E-state index in [2.05, 4.69) is 10.3 Å². The van der Waals surface area contributed by atoms with Gasteiger partial charge in [-0.2, -0.15) is 0 Å². The quantitative estimate of drug-likeness (QED) is 0.697. The van der Waals surface area contributed by atoms with Crippen LogP contribution in [0.4, 0.5) is 0 Å². The van der Waals surface area contributed by atoms with Crippen LogP contribution in [0, 0.1) is 5.92 Å². The first kappa shape index (κ1) is 12.8. The number of nitrogens with two attached hydrogens (primary N) is 1. The minimum atomic E-state index is -0.292. The van der Waals surface area contributed by atoms with Crippen molar-refractivity contribution in [3.05, 3.63) is 34.2 Å². The molecule has 0 radical (unpaired) electrons. The minimum Gasteiger partial charge on any atom is -0.393 e. The Kier molecular flexibility index (Phi) is 3.76. The number of aromatic amines is 1. The highest BCUT2D eigenvalue weighted by atomic mass is 32.1. The second-order valence-corrected chi connectivity index (χ2v) is 4.93. The predicted molar refractivity (Wildman–Crippen MR) is 72.4 cm³/mol. The van der Waals surface area contributed by atoms with Crippen LogP contribution in [0.3, 0.4) is 0 Å². The lowest BCUT2D eigenvalue weighted by atomic mass is 10.0. The molecule has 1 aliphatic carbocycles. The van der Waals surface area contributed by atoms with Gasteiger partial charge in [-0.05, 0) is 18.9 Å². The average molecular weight is 265 g/mol. The lowest BCUT2D eigenvalue weighted by Gasteiger charge is -2.19. The van der Waals surface area contributed by atoms with E-state index >= 15 is 0 Å². The van der Waals surface area contributed by atoms with E-state index in [9.17, 15) is 9.59 Å². The van der Waals surface area contributed by atoms with Gasteiger partial charge in [0.25, 0.3) is 5.91 Å². The monoisotopic (exact) mass is 265 g/mol. The largest absolute Gasteiger partial charge is 0.393 e. The fraction of sp³-hybridized carbons (Fsp3) is 0.417. The zero-order chi connectivity index (χ0) is 13.1. The number of aromatic nitrogens is 1. The van der Waals surface area contributed by atoms with Gasteiger partial charge >= 0.3 is 0 Å². The van der Waals surface area contributed by atoms with Crippen LogP contribution >= 0.6 is 12.2 Å². The van der Waals surface area contributed by atoms with Gasteiger partial charge in [-0.15, -0.1) is 0 Å². The molecule has 0 spiro atoms. The Morgan fingerprint density at radius 3 is 2.94 bits per heavy atom. The van der Waals surface area contributed by atoms with E-state index in [1.165, 1.54) is 12.3 Å². The predicted octanol–water partition coefficient (Wildman–Crippen LogP) is 0.559. The molecule has 2 rings (SSSR count). The molecular weight excluding hydrogens is 250 g/mol. The molecule has 6 heteroatoms. The van der Waals surface area contributed by atoms with Gasteiger partial charge in [0.1, 0.15) is 0 Å². The maximum Gasteiger partial charge on any atom is 0.251 e. The van der Waals surface area contributed by atoms with Crippen LogP contribution in [0.2, 0.25) is 0 Å². The van der Waals surface area contributed by atoms with E-state index in [1.807, 2.05) is 0 Å². The molecule has 0 aromatic carbocycles. The summed E-state index contributed by atoms with van der Waals surface area (Å²) in [5.74, 6) is -0.194. The molecule has 0 bridgehead atoms. The number of hydrogen-bond acceptors (Lipinski definition) is 3. The van der Waals surface area contributed by atoms with E-state index in [0.717, 1.165) is 19.3 Å². The van der Waals surface area contributed by atoms with Gasteiger partial charge in [-0.3, -0.25) is 9.59 Å². The van der Waals surface area contributed by atoms with Crippen LogP contribution in [0.5, 0.6) is 0 Å². The highest BCUT2D eigenvalue weighted by molar-refractivity contribution is 7.80. The summed E-state index contributed by atoms with van der Waals surface area (Å²) >= 11 is 4.99. The smallest absolute Gasteiger partial charge is 0.251 e. The third-order valence-electron chi connectivity index (χ3n) is 3.24. The molecule has 5 nitrogen and oxygen atoms in total. The maximum absolute atomic E-state index is 12.0.